The zero-order chi connectivity index (χ0) is 26.4. The summed E-state index contributed by atoms with van der Waals surface area (Å²) in [6.07, 6.45) is 1.78. The van der Waals surface area contributed by atoms with Gasteiger partial charge in [0, 0.05) is 17.1 Å². The summed E-state index contributed by atoms with van der Waals surface area (Å²) in [7, 11) is 3.11. The van der Waals surface area contributed by atoms with Crippen LogP contribution >= 0.6 is 11.6 Å². The van der Waals surface area contributed by atoms with E-state index >= 15 is 0 Å². The van der Waals surface area contributed by atoms with E-state index in [1.807, 2.05) is 44.2 Å². The van der Waals surface area contributed by atoms with Gasteiger partial charge in [-0.3, -0.25) is 4.79 Å². The number of aromatic nitrogens is 2. The molecule has 37 heavy (non-hydrogen) atoms. The molecule has 0 aliphatic rings. The average Bonchev–Trinajstić information content (AvgIpc) is 3.27. The van der Waals surface area contributed by atoms with E-state index in [9.17, 15) is 4.79 Å². The standard InChI is InChI=1S/C29H32ClN3O4/c1-19-15-22(16-20(2)28(19)30)37-14-8-7-13-33-24-10-6-5-9-23(24)32-27(33)18-31-29(34)21-11-12-25(35-3)26(17-21)36-4/h5-6,9-12,15-17H,7-8,13-14,18H2,1-4H3,(H,31,34). The Morgan fingerprint density at radius 2 is 1.70 bits per heavy atom. The van der Waals surface area contributed by atoms with Gasteiger partial charge in [0.25, 0.3) is 5.91 Å². The molecule has 1 N–H and O–H groups in total. The van der Waals surface area contributed by atoms with Crippen molar-refractivity contribution in [1.82, 2.24) is 14.9 Å². The lowest BCUT2D eigenvalue weighted by molar-refractivity contribution is 0.0949. The maximum atomic E-state index is 12.8. The first kappa shape index (κ1) is 26.4. The van der Waals surface area contributed by atoms with Crippen LogP contribution in [0.5, 0.6) is 17.2 Å². The average molecular weight is 522 g/mol. The first-order chi connectivity index (χ1) is 17.9. The highest BCUT2D eigenvalue weighted by Crippen LogP contribution is 2.28. The number of benzene rings is 3. The van der Waals surface area contributed by atoms with Gasteiger partial charge in [-0.25, -0.2) is 4.98 Å². The van der Waals surface area contributed by atoms with E-state index in [4.69, 9.17) is 30.8 Å². The van der Waals surface area contributed by atoms with Crippen LogP contribution in [-0.4, -0.2) is 36.3 Å². The minimum absolute atomic E-state index is 0.207. The van der Waals surface area contributed by atoms with Gasteiger partial charge in [0.1, 0.15) is 11.6 Å². The summed E-state index contributed by atoms with van der Waals surface area (Å²) in [5, 5.41) is 3.77. The van der Waals surface area contributed by atoms with Gasteiger partial charge in [0.2, 0.25) is 0 Å². The molecule has 0 spiro atoms. The highest BCUT2D eigenvalue weighted by atomic mass is 35.5. The van der Waals surface area contributed by atoms with Crippen LogP contribution in [0.4, 0.5) is 0 Å². The molecule has 0 aliphatic carbocycles. The predicted octanol–water partition coefficient (Wildman–Crippen LogP) is 6.11. The maximum absolute atomic E-state index is 12.8. The molecule has 0 unspecified atom stereocenters. The second-order valence-corrected chi connectivity index (χ2v) is 9.23. The second kappa shape index (κ2) is 12.0. The van der Waals surface area contributed by atoms with Crippen molar-refractivity contribution < 1.29 is 19.0 Å². The third-order valence-corrected chi connectivity index (χ3v) is 6.84. The van der Waals surface area contributed by atoms with Crippen LogP contribution in [-0.2, 0) is 13.1 Å². The number of nitrogens with zero attached hydrogens (tertiary/aromatic N) is 2. The van der Waals surface area contributed by atoms with Gasteiger partial charge in [0.15, 0.2) is 11.5 Å². The van der Waals surface area contributed by atoms with Crippen molar-refractivity contribution in [3.8, 4) is 17.2 Å². The molecule has 0 atom stereocenters. The Balaban J connectivity index is 1.39. The van der Waals surface area contributed by atoms with Crippen LogP contribution in [0.2, 0.25) is 5.02 Å². The van der Waals surface area contributed by atoms with E-state index in [0.717, 1.165) is 58.1 Å². The number of halogens is 1. The van der Waals surface area contributed by atoms with Crippen molar-refractivity contribution in [2.75, 3.05) is 20.8 Å². The number of hydrogen-bond acceptors (Lipinski definition) is 5. The normalized spacial score (nSPS) is 10.9. The van der Waals surface area contributed by atoms with Crippen LogP contribution in [0.15, 0.2) is 54.6 Å². The van der Waals surface area contributed by atoms with E-state index < -0.39 is 0 Å². The number of methoxy groups -OCH3 is 2. The molecule has 0 saturated heterocycles. The minimum Gasteiger partial charge on any atom is -0.494 e. The topological polar surface area (TPSA) is 74.6 Å². The molecule has 0 fully saturated rings. The van der Waals surface area contributed by atoms with Crippen molar-refractivity contribution in [2.45, 2.75) is 39.8 Å². The first-order valence-corrected chi connectivity index (χ1v) is 12.6. The fourth-order valence-corrected chi connectivity index (χ4v) is 4.41. The number of nitrogens with one attached hydrogen (secondary N) is 1. The van der Waals surface area contributed by atoms with Gasteiger partial charge >= 0.3 is 0 Å². The number of rotatable bonds is 11. The molecule has 194 valence electrons. The Labute approximate surface area is 222 Å². The number of imidazole rings is 1. The highest BCUT2D eigenvalue weighted by molar-refractivity contribution is 6.32. The van der Waals surface area contributed by atoms with E-state index in [1.54, 1.807) is 32.4 Å². The number of carbonyl (C=O) groups excluding carboxylic acids is 1. The summed E-state index contributed by atoms with van der Waals surface area (Å²) in [6, 6.07) is 17.0. The third kappa shape index (κ3) is 6.17. The lowest BCUT2D eigenvalue weighted by Crippen LogP contribution is -2.25. The molecule has 0 aliphatic heterocycles. The number of amides is 1. The largest absolute Gasteiger partial charge is 0.494 e. The maximum Gasteiger partial charge on any atom is 0.251 e. The molecule has 0 radical (unpaired) electrons. The fraction of sp³-hybridized carbons (Fsp3) is 0.310. The molecule has 0 bridgehead atoms. The highest BCUT2D eigenvalue weighted by Gasteiger charge is 2.14. The van der Waals surface area contributed by atoms with Crippen LogP contribution < -0.4 is 19.5 Å². The Hall–Kier alpha value is -3.71. The SMILES string of the molecule is COc1ccc(C(=O)NCc2nc3ccccc3n2CCCCOc2cc(C)c(Cl)c(C)c2)cc1OC. The van der Waals surface area contributed by atoms with Gasteiger partial charge in [-0.2, -0.15) is 0 Å². The number of hydrogen-bond donors (Lipinski definition) is 1. The van der Waals surface area contributed by atoms with Gasteiger partial charge in [-0.1, -0.05) is 23.7 Å². The number of para-hydroxylation sites is 2. The number of ether oxygens (including phenoxy) is 3. The van der Waals surface area contributed by atoms with Crippen LogP contribution in [0.1, 0.15) is 40.2 Å². The molecular formula is C29H32ClN3O4. The number of fused-ring (bicyclic) bond motifs is 1. The van der Waals surface area contributed by atoms with E-state index in [1.165, 1.54) is 0 Å². The minimum atomic E-state index is -0.207. The third-order valence-electron chi connectivity index (χ3n) is 6.24. The molecule has 1 heterocycles. The molecule has 4 aromatic rings. The van der Waals surface area contributed by atoms with Crippen molar-refractivity contribution in [3.05, 3.63) is 82.1 Å². The van der Waals surface area contributed by atoms with Crippen molar-refractivity contribution in [3.63, 3.8) is 0 Å². The molecular weight excluding hydrogens is 490 g/mol. The van der Waals surface area contributed by atoms with E-state index in [2.05, 4.69) is 16.0 Å². The Bertz CT molecular complexity index is 1380. The zero-order valence-electron chi connectivity index (χ0n) is 21.6. The van der Waals surface area contributed by atoms with E-state index in [0.29, 0.717) is 30.2 Å². The van der Waals surface area contributed by atoms with Crippen LogP contribution in [0, 0.1) is 13.8 Å². The molecule has 4 rings (SSSR count). The van der Waals surface area contributed by atoms with Gasteiger partial charge in [-0.05, 0) is 80.3 Å². The molecule has 1 aromatic heterocycles. The molecule has 1 amide bonds. The van der Waals surface area contributed by atoms with Crippen LogP contribution in [0.3, 0.4) is 0 Å². The number of unbranched alkanes of at least 4 members (excludes halogenated alkanes) is 1. The molecule has 3 aromatic carbocycles. The summed E-state index contributed by atoms with van der Waals surface area (Å²) in [5.41, 5.74) is 4.47. The summed E-state index contributed by atoms with van der Waals surface area (Å²) in [5.74, 6) is 2.52. The monoisotopic (exact) mass is 521 g/mol. The number of carbonyl (C=O) groups is 1. The van der Waals surface area contributed by atoms with Gasteiger partial charge in [-0.15, -0.1) is 0 Å². The molecule has 7 nitrogen and oxygen atoms in total. The summed E-state index contributed by atoms with van der Waals surface area (Å²) in [4.78, 5) is 17.6. The summed E-state index contributed by atoms with van der Waals surface area (Å²) >= 11 is 6.26. The Morgan fingerprint density at radius 3 is 2.43 bits per heavy atom. The summed E-state index contributed by atoms with van der Waals surface area (Å²) in [6.45, 7) is 5.65. The van der Waals surface area contributed by atoms with Gasteiger partial charge < -0.3 is 24.1 Å². The Kier molecular flexibility index (Phi) is 8.56. The lowest BCUT2D eigenvalue weighted by atomic mass is 10.1. The zero-order valence-corrected chi connectivity index (χ0v) is 22.4. The van der Waals surface area contributed by atoms with Gasteiger partial charge in [0.05, 0.1) is 38.4 Å². The van der Waals surface area contributed by atoms with Crippen molar-refractivity contribution in [2.24, 2.45) is 0 Å². The molecule has 0 saturated carbocycles. The van der Waals surface area contributed by atoms with Crippen molar-refractivity contribution in [1.29, 1.82) is 0 Å². The predicted molar refractivity (Wildman–Crippen MR) is 146 cm³/mol. The van der Waals surface area contributed by atoms with Crippen LogP contribution in [0.25, 0.3) is 11.0 Å². The van der Waals surface area contributed by atoms with E-state index in [-0.39, 0.29) is 5.91 Å². The quantitative estimate of drug-likeness (QED) is 0.241. The second-order valence-electron chi connectivity index (χ2n) is 8.85. The smallest absolute Gasteiger partial charge is 0.251 e. The Morgan fingerprint density at radius 1 is 0.973 bits per heavy atom. The fourth-order valence-electron chi connectivity index (χ4n) is 4.30. The molecule has 8 heteroatoms. The van der Waals surface area contributed by atoms with Crippen molar-refractivity contribution >= 4 is 28.5 Å². The lowest BCUT2D eigenvalue weighted by Gasteiger charge is -2.12. The summed E-state index contributed by atoms with van der Waals surface area (Å²) < 4.78 is 18.7. The first-order valence-electron chi connectivity index (χ1n) is 12.2. The number of aryl methyl sites for hydroxylation is 3.